The Balaban J connectivity index is 1.79. The number of hydrogen-bond acceptors (Lipinski definition) is 3. The van der Waals surface area contributed by atoms with E-state index in [1.165, 1.54) is 19.3 Å². The van der Waals surface area contributed by atoms with E-state index in [9.17, 15) is 9.59 Å². The van der Waals surface area contributed by atoms with Crippen LogP contribution in [0.15, 0.2) is 0 Å². The molecule has 0 aromatic carbocycles. The second-order valence-corrected chi connectivity index (χ2v) is 5.52. The van der Waals surface area contributed by atoms with Crippen LogP contribution in [0, 0.1) is 5.92 Å². The van der Waals surface area contributed by atoms with E-state index in [2.05, 4.69) is 11.8 Å². The molecule has 2 amide bonds. The first-order valence-corrected chi connectivity index (χ1v) is 6.89. The van der Waals surface area contributed by atoms with E-state index in [1.807, 2.05) is 0 Å². The highest BCUT2D eigenvalue weighted by atomic mass is 16.2. The minimum Gasteiger partial charge on any atom is -0.369 e. The summed E-state index contributed by atoms with van der Waals surface area (Å²) >= 11 is 0. The molecule has 2 fully saturated rings. The largest absolute Gasteiger partial charge is 0.369 e. The maximum Gasteiger partial charge on any atom is 0.223 e. The third-order valence-electron chi connectivity index (χ3n) is 4.21. The van der Waals surface area contributed by atoms with Crippen LogP contribution in [0.5, 0.6) is 0 Å². The lowest BCUT2D eigenvalue weighted by molar-refractivity contribution is -0.128. The van der Waals surface area contributed by atoms with Crippen molar-refractivity contribution in [1.29, 1.82) is 0 Å². The number of primary amides is 1. The van der Waals surface area contributed by atoms with Crippen LogP contribution in [0.3, 0.4) is 0 Å². The Morgan fingerprint density at radius 1 is 1.39 bits per heavy atom. The lowest BCUT2D eigenvalue weighted by Gasteiger charge is -2.34. The van der Waals surface area contributed by atoms with Crippen LogP contribution in [-0.4, -0.2) is 53.8 Å². The number of carbonyl (C=O) groups excluding carboxylic acids is 2. The molecule has 2 aliphatic heterocycles. The summed E-state index contributed by atoms with van der Waals surface area (Å²) in [4.78, 5) is 27.1. The van der Waals surface area contributed by atoms with Crippen molar-refractivity contribution in [3.05, 3.63) is 0 Å². The van der Waals surface area contributed by atoms with Gasteiger partial charge in [-0.2, -0.15) is 0 Å². The summed E-state index contributed by atoms with van der Waals surface area (Å²) in [5.74, 6) is -0.558. The molecule has 0 aromatic heterocycles. The Morgan fingerprint density at radius 2 is 2.17 bits per heavy atom. The van der Waals surface area contributed by atoms with Gasteiger partial charge < -0.3 is 10.6 Å². The van der Waals surface area contributed by atoms with Gasteiger partial charge in [-0.25, -0.2) is 0 Å². The van der Waals surface area contributed by atoms with E-state index in [1.54, 1.807) is 4.90 Å². The fourth-order valence-corrected chi connectivity index (χ4v) is 2.92. The predicted octanol–water partition coefficient (Wildman–Crippen LogP) is 0.195. The fourth-order valence-electron chi connectivity index (χ4n) is 2.92. The number of carbonyl (C=O) groups is 2. The third kappa shape index (κ3) is 3.02. The average Bonchev–Trinajstić information content (AvgIpc) is 2.70. The van der Waals surface area contributed by atoms with Gasteiger partial charge in [-0.1, -0.05) is 6.42 Å². The molecule has 0 radical (unpaired) electrons. The topological polar surface area (TPSA) is 66.6 Å². The van der Waals surface area contributed by atoms with Crippen LogP contribution in [0.2, 0.25) is 0 Å². The van der Waals surface area contributed by atoms with Crippen molar-refractivity contribution in [3.63, 3.8) is 0 Å². The van der Waals surface area contributed by atoms with Gasteiger partial charge in [0, 0.05) is 32.1 Å². The average molecular weight is 253 g/mol. The van der Waals surface area contributed by atoms with E-state index >= 15 is 0 Å². The van der Waals surface area contributed by atoms with E-state index in [4.69, 9.17) is 5.73 Å². The van der Waals surface area contributed by atoms with Crippen LogP contribution in [0.1, 0.15) is 32.6 Å². The van der Waals surface area contributed by atoms with Gasteiger partial charge in [0.1, 0.15) is 0 Å². The Labute approximate surface area is 108 Å². The Kier molecular flexibility index (Phi) is 4.22. The van der Waals surface area contributed by atoms with Gasteiger partial charge in [-0.15, -0.1) is 0 Å². The van der Waals surface area contributed by atoms with Gasteiger partial charge >= 0.3 is 0 Å². The molecule has 5 heteroatoms. The summed E-state index contributed by atoms with van der Waals surface area (Å²) in [7, 11) is 0. The van der Waals surface area contributed by atoms with Gasteiger partial charge in [-0.3, -0.25) is 14.5 Å². The molecule has 0 saturated carbocycles. The number of piperidine rings is 1. The van der Waals surface area contributed by atoms with Crippen molar-refractivity contribution in [2.45, 2.75) is 38.6 Å². The Morgan fingerprint density at radius 3 is 2.78 bits per heavy atom. The maximum absolute atomic E-state index is 11.7. The van der Waals surface area contributed by atoms with Crippen molar-refractivity contribution in [1.82, 2.24) is 9.80 Å². The molecule has 2 rings (SSSR count). The van der Waals surface area contributed by atoms with E-state index in [0.29, 0.717) is 19.0 Å². The fraction of sp³-hybridized carbons (Fsp3) is 0.846. The molecule has 0 bridgehead atoms. The normalized spacial score (nSPS) is 29.8. The van der Waals surface area contributed by atoms with Crippen LogP contribution >= 0.6 is 0 Å². The molecule has 2 N–H and O–H groups in total. The molecule has 0 aromatic rings. The summed E-state index contributed by atoms with van der Waals surface area (Å²) < 4.78 is 0. The summed E-state index contributed by atoms with van der Waals surface area (Å²) in [5, 5.41) is 0. The molecule has 2 aliphatic rings. The van der Waals surface area contributed by atoms with Crippen LogP contribution in [0.25, 0.3) is 0 Å². The molecular weight excluding hydrogens is 230 g/mol. The van der Waals surface area contributed by atoms with Gasteiger partial charge in [-0.05, 0) is 26.3 Å². The summed E-state index contributed by atoms with van der Waals surface area (Å²) in [6, 6.07) is 0.614. The molecule has 2 unspecified atom stereocenters. The van der Waals surface area contributed by atoms with Gasteiger partial charge in [0.2, 0.25) is 11.8 Å². The lowest BCUT2D eigenvalue weighted by atomic mass is 10.0. The second kappa shape index (κ2) is 5.69. The molecule has 2 atom stereocenters. The van der Waals surface area contributed by atoms with Crippen molar-refractivity contribution in [3.8, 4) is 0 Å². The van der Waals surface area contributed by atoms with Crippen molar-refractivity contribution >= 4 is 11.8 Å². The number of nitrogens with zero attached hydrogens (tertiary/aromatic N) is 2. The van der Waals surface area contributed by atoms with E-state index in [0.717, 1.165) is 19.6 Å². The van der Waals surface area contributed by atoms with E-state index in [-0.39, 0.29) is 17.7 Å². The Hall–Kier alpha value is -1.10. The first-order chi connectivity index (χ1) is 8.58. The van der Waals surface area contributed by atoms with E-state index < -0.39 is 0 Å². The molecule has 0 spiro atoms. The zero-order valence-corrected chi connectivity index (χ0v) is 11.1. The zero-order chi connectivity index (χ0) is 13.1. The highest BCUT2D eigenvalue weighted by Gasteiger charge is 2.33. The lowest BCUT2D eigenvalue weighted by Crippen LogP contribution is -2.43. The van der Waals surface area contributed by atoms with Crippen LogP contribution < -0.4 is 5.73 Å². The maximum atomic E-state index is 11.7. The molecular formula is C13H23N3O2. The standard InChI is InChI=1S/C13H23N3O2/c1-10-4-2-3-5-15(10)6-7-16-9-11(13(14)18)8-12(16)17/h10-11H,2-9H2,1H3,(H2,14,18). The van der Waals surface area contributed by atoms with Gasteiger partial charge in [0.25, 0.3) is 0 Å². The Bertz CT molecular complexity index is 332. The highest BCUT2D eigenvalue weighted by Crippen LogP contribution is 2.19. The second-order valence-electron chi connectivity index (χ2n) is 5.52. The monoisotopic (exact) mass is 253 g/mol. The SMILES string of the molecule is CC1CCCCN1CCN1CC(C(N)=O)CC1=O. The van der Waals surface area contributed by atoms with Crippen molar-refractivity contribution < 1.29 is 9.59 Å². The number of likely N-dealkylation sites (tertiary alicyclic amines) is 2. The summed E-state index contributed by atoms with van der Waals surface area (Å²) in [6.07, 6.45) is 4.11. The number of hydrogen-bond donors (Lipinski definition) is 1. The number of amides is 2. The highest BCUT2D eigenvalue weighted by molar-refractivity contribution is 5.88. The first-order valence-electron chi connectivity index (χ1n) is 6.89. The quantitative estimate of drug-likeness (QED) is 0.778. The summed E-state index contributed by atoms with van der Waals surface area (Å²) in [5.41, 5.74) is 5.25. The third-order valence-corrected chi connectivity index (χ3v) is 4.21. The van der Waals surface area contributed by atoms with Gasteiger partial charge in [0.05, 0.1) is 5.92 Å². The smallest absolute Gasteiger partial charge is 0.223 e. The van der Waals surface area contributed by atoms with Crippen LogP contribution in [0.4, 0.5) is 0 Å². The van der Waals surface area contributed by atoms with Crippen molar-refractivity contribution in [2.75, 3.05) is 26.2 Å². The predicted molar refractivity (Wildman–Crippen MR) is 68.8 cm³/mol. The zero-order valence-electron chi connectivity index (χ0n) is 11.1. The van der Waals surface area contributed by atoms with Gasteiger partial charge in [0.15, 0.2) is 0 Å². The molecule has 102 valence electrons. The molecule has 2 saturated heterocycles. The minimum absolute atomic E-state index is 0.0727. The molecule has 18 heavy (non-hydrogen) atoms. The number of rotatable bonds is 4. The molecule has 0 aliphatic carbocycles. The first kappa shape index (κ1) is 13.3. The van der Waals surface area contributed by atoms with Crippen molar-refractivity contribution in [2.24, 2.45) is 11.7 Å². The number of nitrogens with two attached hydrogens (primary N) is 1. The molecule has 5 nitrogen and oxygen atoms in total. The minimum atomic E-state index is -0.350. The molecule has 2 heterocycles. The summed E-state index contributed by atoms with van der Waals surface area (Å²) in [6.45, 7) is 5.53. The van der Waals surface area contributed by atoms with Crippen LogP contribution in [-0.2, 0) is 9.59 Å².